The molecule has 1 aliphatic rings. The summed E-state index contributed by atoms with van der Waals surface area (Å²) >= 11 is 0. The molecule has 1 aliphatic heterocycles. The Morgan fingerprint density at radius 3 is 2.94 bits per heavy atom. The molecule has 0 aromatic carbocycles. The van der Waals surface area contributed by atoms with Crippen LogP contribution in [0, 0.1) is 0 Å². The minimum Gasteiger partial charge on any atom is -0.346 e. The number of hydrogen-bond acceptors (Lipinski definition) is 6. The maximum Gasteiger partial charge on any atom is 0.257 e. The Kier molecular flexibility index (Phi) is 4.43. The third-order valence-electron chi connectivity index (χ3n) is 5.93. The van der Waals surface area contributed by atoms with Gasteiger partial charge in [0.25, 0.3) is 5.91 Å². The van der Waals surface area contributed by atoms with Crippen molar-refractivity contribution in [3.05, 3.63) is 61.1 Å². The lowest BCUT2D eigenvalue weighted by Crippen LogP contribution is -2.29. The van der Waals surface area contributed by atoms with Gasteiger partial charge in [-0.3, -0.25) is 9.48 Å². The van der Waals surface area contributed by atoms with Gasteiger partial charge in [-0.05, 0) is 49.7 Å². The first-order valence-electron chi connectivity index (χ1n) is 10.6. The molecule has 10 nitrogen and oxygen atoms in total. The number of aromatic nitrogens is 7. The topological polar surface area (TPSA) is 118 Å². The van der Waals surface area contributed by atoms with Gasteiger partial charge in [-0.2, -0.15) is 10.2 Å². The van der Waals surface area contributed by atoms with E-state index in [2.05, 4.69) is 35.8 Å². The summed E-state index contributed by atoms with van der Waals surface area (Å²) in [6, 6.07) is 6.14. The fraction of sp³-hybridized carbons (Fsp3) is 0.227. The number of carbonyl (C=O) groups is 1. The predicted octanol–water partition coefficient (Wildman–Crippen LogP) is 2.65. The van der Waals surface area contributed by atoms with E-state index in [1.54, 1.807) is 16.9 Å². The molecule has 5 aromatic heterocycles. The molecular formula is C22H21N9O. The van der Waals surface area contributed by atoms with Crippen LogP contribution < -0.4 is 10.6 Å². The maximum atomic E-state index is 12.9. The number of H-pyrrole nitrogens is 1. The number of piperidine rings is 1. The van der Waals surface area contributed by atoms with Crippen LogP contribution in [-0.2, 0) is 0 Å². The summed E-state index contributed by atoms with van der Waals surface area (Å²) in [5.74, 6) is -0.218. The van der Waals surface area contributed by atoms with Crippen molar-refractivity contribution in [2.24, 2.45) is 0 Å². The highest BCUT2D eigenvalue weighted by Crippen LogP contribution is 2.29. The van der Waals surface area contributed by atoms with Gasteiger partial charge in [0.05, 0.1) is 23.5 Å². The number of amides is 1. The molecule has 1 fully saturated rings. The van der Waals surface area contributed by atoms with Gasteiger partial charge in [0.2, 0.25) is 0 Å². The van der Waals surface area contributed by atoms with E-state index < -0.39 is 0 Å². The lowest BCUT2D eigenvalue weighted by Gasteiger charge is -2.22. The van der Waals surface area contributed by atoms with Crippen molar-refractivity contribution < 1.29 is 4.79 Å². The van der Waals surface area contributed by atoms with E-state index in [1.165, 1.54) is 6.33 Å². The van der Waals surface area contributed by atoms with Gasteiger partial charge < -0.3 is 15.6 Å². The molecule has 3 N–H and O–H groups in total. The second kappa shape index (κ2) is 7.57. The highest BCUT2D eigenvalue weighted by Gasteiger charge is 2.17. The monoisotopic (exact) mass is 427 g/mol. The smallest absolute Gasteiger partial charge is 0.257 e. The fourth-order valence-corrected chi connectivity index (χ4v) is 4.23. The Bertz CT molecular complexity index is 1420. The van der Waals surface area contributed by atoms with Crippen LogP contribution in [0.15, 0.2) is 55.5 Å². The van der Waals surface area contributed by atoms with E-state index >= 15 is 0 Å². The van der Waals surface area contributed by atoms with Crippen LogP contribution in [-0.4, -0.2) is 53.3 Å². The number of aromatic amines is 1. The van der Waals surface area contributed by atoms with Crippen LogP contribution >= 0.6 is 0 Å². The van der Waals surface area contributed by atoms with Crippen LogP contribution in [0.2, 0.25) is 0 Å². The molecule has 160 valence electrons. The molecule has 0 bridgehead atoms. The minimum atomic E-state index is -0.218. The fourth-order valence-electron chi connectivity index (χ4n) is 4.23. The van der Waals surface area contributed by atoms with Crippen molar-refractivity contribution in [3.63, 3.8) is 0 Å². The molecule has 0 saturated carbocycles. The Hall–Kier alpha value is -4.05. The van der Waals surface area contributed by atoms with Crippen LogP contribution in [0.1, 0.15) is 29.2 Å². The quantitative estimate of drug-likeness (QED) is 0.406. The molecule has 1 amide bonds. The van der Waals surface area contributed by atoms with Crippen molar-refractivity contribution >= 4 is 28.3 Å². The number of pyridine rings is 2. The second-order valence-corrected chi connectivity index (χ2v) is 7.95. The Balaban J connectivity index is 1.27. The highest BCUT2D eigenvalue weighted by molar-refractivity contribution is 6.07. The Morgan fingerprint density at radius 2 is 2.03 bits per heavy atom. The lowest BCUT2D eigenvalue weighted by molar-refractivity contribution is 0.102. The summed E-state index contributed by atoms with van der Waals surface area (Å²) in [5, 5.41) is 15.7. The summed E-state index contributed by atoms with van der Waals surface area (Å²) in [5.41, 5.74) is 4.56. The molecule has 6 heterocycles. The predicted molar refractivity (Wildman–Crippen MR) is 119 cm³/mol. The molecule has 5 aromatic rings. The van der Waals surface area contributed by atoms with E-state index in [1.807, 2.05) is 41.5 Å². The van der Waals surface area contributed by atoms with Gasteiger partial charge in [-0.15, -0.1) is 0 Å². The van der Waals surface area contributed by atoms with Gasteiger partial charge in [0, 0.05) is 35.7 Å². The molecule has 0 radical (unpaired) electrons. The van der Waals surface area contributed by atoms with Crippen LogP contribution in [0.3, 0.4) is 0 Å². The normalized spacial score (nSPS) is 14.9. The summed E-state index contributed by atoms with van der Waals surface area (Å²) in [6.07, 6.45) is 12.5. The number of nitrogens with zero attached hydrogens (tertiary/aromatic N) is 6. The average Bonchev–Trinajstić information content (AvgIpc) is 3.58. The number of anilines is 1. The molecule has 0 atom stereocenters. The average molecular weight is 427 g/mol. The SMILES string of the molecule is O=C(Nc1cnn(C2CCNCC2)c1)c1cnc2[nH]cc(-c3ccn4ncnc4c3)c2c1. The largest absolute Gasteiger partial charge is 0.346 e. The molecule has 0 spiro atoms. The molecular weight excluding hydrogens is 406 g/mol. The van der Waals surface area contributed by atoms with Crippen LogP contribution in [0.25, 0.3) is 27.8 Å². The van der Waals surface area contributed by atoms with Gasteiger partial charge in [-0.1, -0.05) is 0 Å². The summed E-state index contributed by atoms with van der Waals surface area (Å²) < 4.78 is 3.66. The summed E-state index contributed by atoms with van der Waals surface area (Å²) in [6.45, 7) is 1.97. The third kappa shape index (κ3) is 3.30. The first-order valence-corrected chi connectivity index (χ1v) is 10.6. The van der Waals surface area contributed by atoms with Gasteiger partial charge in [0.1, 0.15) is 12.0 Å². The Labute approximate surface area is 182 Å². The maximum absolute atomic E-state index is 12.9. The van der Waals surface area contributed by atoms with E-state index in [0.29, 0.717) is 17.3 Å². The van der Waals surface area contributed by atoms with E-state index in [4.69, 9.17) is 0 Å². The highest BCUT2D eigenvalue weighted by atomic mass is 16.1. The standard InChI is InChI=1S/C22H21N9O/c32-22(29-16-10-27-31(12-16)17-1-4-23-5-2-17)15-7-18-19(11-25-21(18)24-9-15)14-3-6-30-20(8-14)26-13-28-30/h3,6-13,17,23H,1-2,4-5H2,(H,24,25)(H,29,32). The van der Waals surface area contributed by atoms with Crippen molar-refractivity contribution in [2.75, 3.05) is 18.4 Å². The molecule has 10 heteroatoms. The van der Waals surface area contributed by atoms with Crippen molar-refractivity contribution in [1.82, 2.24) is 39.7 Å². The molecule has 0 aliphatic carbocycles. The van der Waals surface area contributed by atoms with E-state index in [9.17, 15) is 4.79 Å². The lowest BCUT2D eigenvalue weighted by atomic mass is 10.1. The van der Waals surface area contributed by atoms with E-state index in [0.717, 1.165) is 53.7 Å². The molecule has 0 unspecified atom stereocenters. The van der Waals surface area contributed by atoms with Crippen molar-refractivity contribution in [3.8, 4) is 11.1 Å². The first kappa shape index (κ1) is 18.7. The molecule has 6 rings (SSSR count). The molecule has 1 saturated heterocycles. The van der Waals surface area contributed by atoms with Crippen LogP contribution in [0.4, 0.5) is 5.69 Å². The Morgan fingerprint density at radius 1 is 1.12 bits per heavy atom. The minimum absolute atomic E-state index is 0.218. The van der Waals surface area contributed by atoms with Crippen LogP contribution in [0.5, 0.6) is 0 Å². The summed E-state index contributed by atoms with van der Waals surface area (Å²) in [7, 11) is 0. The number of hydrogen-bond donors (Lipinski definition) is 3. The number of nitrogens with one attached hydrogen (secondary N) is 3. The third-order valence-corrected chi connectivity index (χ3v) is 5.93. The van der Waals surface area contributed by atoms with Gasteiger partial charge in [0.15, 0.2) is 5.65 Å². The van der Waals surface area contributed by atoms with Crippen molar-refractivity contribution in [2.45, 2.75) is 18.9 Å². The molecule has 32 heavy (non-hydrogen) atoms. The second-order valence-electron chi connectivity index (χ2n) is 7.95. The zero-order valence-electron chi connectivity index (χ0n) is 17.2. The van der Waals surface area contributed by atoms with Gasteiger partial charge >= 0.3 is 0 Å². The van der Waals surface area contributed by atoms with E-state index in [-0.39, 0.29) is 5.91 Å². The summed E-state index contributed by atoms with van der Waals surface area (Å²) in [4.78, 5) is 24.8. The first-order chi connectivity index (χ1) is 15.7. The van der Waals surface area contributed by atoms with Gasteiger partial charge in [-0.25, -0.2) is 14.5 Å². The number of rotatable bonds is 4. The van der Waals surface area contributed by atoms with Crippen molar-refractivity contribution in [1.29, 1.82) is 0 Å². The number of fused-ring (bicyclic) bond motifs is 2. The zero-order chi connectivity index (χ0) is 21.5. The zero-order valence-corrected chi connectivity index (χ0v) is 17.2. The number of carbonyl (C=O) groups excluding carboxylic acids is 1.